The standard InChI is InChI=1S/C52H66FN11O19/c1-22(55-49(78)37(23(2)67)61-50(79)42(73)41(72)44(32(68)19-65)83-51-43(74)40(71)39(70)33(20-66)82-51)46(75)60-31(18-34(54)69)47(76)56-25-9-7-24(8-10-25)21-81-52(80)62-38-35-27(53)5-4-6-29(35)59-48(77)36(38)45-57-28-12-11-26(17-30(28)58-45)64-15-13-63(3)14-16-64/h4-12,17,22-23,31-33,37,39-44,51,65-68,70-74H,13-16,18-21H2,1-3H3,(H2,54,69)(H,55,78)(H,56,76)(H,57,58)(H,60,75)(H,61,79)(H2,59,62,77,80)/t22?,23?,31?,32-,33-,37?,39+,40+,41+,42-,43-,44+,51+/m1/s1. The number of nitrogens with zero attached hydrogens (tertiary/aromatic N) is 3. The van der Waals surface area contributed by atoms with Crippen LogP contribution >= 0.6 is 0 Å². The molecule has 3 aromatic carbocycles. The van der Waals surface area contributed by atoms with E-state index in [4.69, 9.17) is 19.9 Å². The number of benzene rings is 3. The summed E-state index contributed by atoms with van der Waals surface area (Å²) in [6.45, 7) is 3.05. The normalized spacial score (nSPS) is 21.4. The van der Waals surface area contributed by atoms with Crippen molar-refractivity contribution in [3.05, 3.63) is 82.4 Å². The number of pyridine rings is 1. The van der Waals surface area contributed by atoms with E-state index >= 15 is 4.39 Å². The highest BCUT2D eigenvalue weighted by Crippen LogP contribution is 2.34. The van der Waals surface area contributed by atoms with Gasteiger partial charge < -0.3 is 107 Å². The summed E-state index contributed by atoms with van der Waals surface area (Å²) in [6, 6.07) is 10.1. The van der Waals surface area contributed by atoms with Gasteiger partial charge in [0.2, 0.25) is 23.6 Å². The van der Waals surface area contributed by atoms with Crippen molar-refractivity contribution in [2.45, 2.75) is 106 Å². The first kappa shape index (κ1) is 62.8. The topological polar surface area (TPSA) is 466 Å². The lowest BCUT2D eigenvalue weighted by molar-refractivity contribution is -0.326. The van der Waals surface area contributed by atoms with Gasteiger partial charge in [0, 0.05) is 37.6 Å². The zero-order valence-electron chi connectivity index (χ0n) is 44.8. The lowest BCUT2D eigenvalue weighted by Crippen LogP contribution is -2.63. The van der Waals surface area contributed by atoms with Crippen LogP contribution < -0.4 is 42.8 Å². The third-order valence-corrected chi connectivity index (χ3v) is 13.9. The average Bonchev–Trinajstić information content (AvgIpc) is 4.12. The van der Waals surface area contributed by atoms with Crippen molar-refractivity contribution in [2.75, 3.05) is 62.0 Å². The molecule has 4 heterocycles. The van der Waals surface area contributed by atoms with Crippen molar-refractivity contribution in [1.29, 1.82) is 0 Å². The third kappa shape index (κ3) is 15.1. The van der Waals surface area contributed by atoms with Crippen molar-refractivity contribution >= 4 is 74.6 Å². The van der Waals surface area contributed by atoms with E-state index in [2.05, 4.69) is 46.0 Å². The molecule has 2 aromatic heterocycles. The number of ether oxygens (including phenoxy) is 3. The minimum Gasteiger partial charge on any atom is -0.444 e. The van der Waals surface area contributed by atoms with Crippen LogP contribution in [0.3, 0.4) is 0 Å². The molecular formula is C52H66FN11O19. The zero-order chi connectivity index (χ0) is 60.6. The van der Waals surface area contributed by atoms with Gasteiger partial charge in [-0.15, -0.1) is 0 Å². The van der Waals surface area contributed by atoms with Crippen molar-refractivity contribution < 1.29 is 93.3 Å². The smallest absolute Gasteiger partial charge is 0.412 e. The van der Waals surface area contributed by atoms with Crippen LogP contribution in [0, 0.1) is 5.82 Å². The number of halogens is 1. The van der Waals surface area contributed by atoms with Crippen LogP contribution in [-0.4, -0.2) is 227 Å². The number of hydrogen-bond donors (Lipinski definition) is 17. The number of aromatic nitrogens is 3. The molecule has 2 aliphatic rings. The number of piperazine rings is 1. The number of nitrogens with one attached hydrogen (secondary N) is 7. The lowest BCUT2D eigenvalue weighted by atomic mass is 9.98. The second-order valence-corrected chi connectivity index (χ2v) is 20.0. The Bertz CT molecular complexity index is 3190. The number of H-pyrrole nitrogens is 2. The van der Waals surface area contributed by atoms with E-state index in [1.165, 1.54) is 36.4 Å². The molecule has 83 heavy (non-hydrogen) atoms. The van der Waals surface area contributed by atoms with E-state index in [0.717, 1.165) is 51.8 Å². The Morgan fingerprint density at radius 1 is 0.831 bits per heavy atom. The Hall–Kier alpha value is -7.79. The maximum Gasteiger partial charge on any atom is 0.412 e. The highest BCUT2D eigenvalue weighted by atomic mass is 19.1. The number of likely N-dealkylation sites (N-methyl/N-ethyl adjacent to an activating group) is 1. The Balaban J connectivity index is 0.946. The van der Waals surface area contributed by atoms with E-state index < -0.39 is 146 Å². The second kappa shape index (κ2) is 27.5. The first-order valence-corrected chi connectivity index (χ1v) is 26.0. The molecule has 0 saturated carbocycles. The van der Waals surface area contributed by atoms with E-state index in [1.54, 1.807) is 6.07 Å². The quantitative estimate of drug-likeness (QED) is 0.0294. The Morgan fingerprint density at radius 2 is 1.53 bits per heavy atom. The maximum atomic E-state index is 15.6. The number of hydrogen-bond acceptors (Lipinski definition) is 22. The van der Waals surface area contributed by atoms with Gasteiger partial charge in [-0.2, -0.15) is 0 Å². The molecule has 2 fully saturated rings. The van der Waals surface area contributed by atoms with Crippen LogP contribution in [0.5, 0.6) is 0 Å². The molecular weight excluding hydrogens is 1100 g/mol. The predicted molar refractivity (Wildman–Crippen MR) is 289 cm³/mol. The molecule has 5 aromatic rings. The molecule has 0 spiro atoms. The molecule has 4 unspecified atom stereocenters. The highest BCUT2D eigenvalue weighted by molar-refractivity contribution is 6.05. The van der Waals surface area contributed by atoms with Crippen LogP contribution in [0.4, 0.5) is 26.2 Å². The summed E-state index contributed by atoms with van der Waals surface area (Å²) in [5.41, 5.74) is 6.97. The summed E-state index contributed by atoms with van der Waals surface area (Å²) >= 11 is 0. The van der Waals surface area contributed by atoms with Crippen LogP contribution in [0.2, 0.25) is 0 Å². The fourth-order valence-electron chi connectivity index (χ4n) is 9.13. The van der Waals surface area contributed by atoms with Crippen LogP contribution in [-0.2, 0) is 44.8 Å². The van der Waals surface area contributed by atoms with Crippen molar-refractivity contribution in [1.82, 2.24) is 35.8 Å². The molecule has 2 aliphatic heterocycles. The van der Waals surface area contributed by atoms with Gasteiger partial charge in [-0.3, -0.25) is 34.1 Å². The summed E-state index contributed by atoms with van der Waals surface area (Å²) in [5.74, 6) is -6.64. The SMILES string of the molecule is CC(NC(=O)C(NC(=O)[C@H](O)[C@H](O)[C@@H](O[C@@H]1O[C@H](CO)[C@H](O)[C@H](O)[C@H]1O)[C@H](O)CO)C(C)O)C(=O)NC(CC(N)=O)C(=O)Nc1ccc(COC(=O)Nc2c(-c3nc4ccc(N5CCN(C)CC5)cc4[nH]3)c(=O)[nH]c3cccc(F)c23)cc1. The number of fused-ring (bicyclic) bond motifs is 2. The van der Waals surface area contributed by atoms with Gasteiger partial charge in [0.15, 0.2) is 12.4 Å². The van der Waals surface area contributed by atoms with Crippen molar-refractivity contribution in [3.63, 3.8) is 0 Å². The van der Waals surface area contributed by atoms with E-state index in [0.29, 0.717) is 16.6 Å². The molecule has 0 radical (unpaired) electrons. The van der Waals surface area contributed by atoms with Crippen molar-refractivity contribution in [3.8, 4) is 11.4 Å². The number of imidazole rings is 1. The molecule has 0 bridgehead atoms. The minimum atomic E-state index is -2.64. The van der Waals surface area contributed by atoms with Gasteiger partial charge in [0.25, 0.3) is 11.5 Å². The lowest BCUT2D eigenvalue weighted by Gasteiger charge is -2.42. The summed E-state index contributed by atoms with van der Waals surface area (Å²) in [7, 11) is 2.05. The largest absolute Gasteiger partial charge is 0.444 e. The molecule has 450 valence electrons. The number of aliphatic hydroxyl groups is 9. The highest BCUT2D eigenvalue weighted by Gasteiger charge is 2.48. The van der Waals surface area contributed by atoms with Gasteiger partial charge in [0.1, 0.15) is 84.7 Å². The number of carbonyl (C=O) groups is 6. The number of anilines is 3. The fourth-order valence-corrected chi connectivity index (χ4v) is 9.13. The molecule has 13 atom stereocenters. The number of nitrogens with two attached hydrogens (primary N) is 1. The summed E-state index contributed by atoms with van der Waals surface area (Å²) in [5, 5.41) is 103. The van der Waals surface area contributed by atoms with Crippen molar-refractivity contribution in [2.24, 2.45) is 5.73 Å². The Labute approximate surface area is 470 Å². The molecule has 7 rings (SSSR count). The van der Waals surface area contributed by atoms with Gasteiger partial charge in [-0.05, 0) is 68.9 Å². The maximum absolute atomic E-state index is 15.6. The first-order valence-electron chi connectivity index (χ1n) is 26.0. The van der Waals surface area contributed by atoms with Crippen LogP contribution in [0.1, 0.15) is 25.8 Å². The zero-order valence-corrected chi connectivity index (χ0v) is 44.8. The third-order valence-electron chi connectivity index (χ3n) is 13.9. The number of amides is 6. The van der Waals surface area contributed by atoms with Gasteiger partial charge >= 0.3 is 6.09 Å². The van der Waals surface area contributed by atoms with Gasteiger partial charge in [-0.1, -0.05) is 18.2 Å². The summed E-state index contributed by atoms with van der Waals surface area (Å²) in [6.07, 6.45) is -22.5. The van der Waals surface area contributed by atoms with Gasteiger partial charge in [0.05, 0.1) is 53.4 Å². The Morgan fingerprint density at radius 3 is 2.18 bits per heavy atom. The van der Waals surface area contributed by atoms with Gasteiger partial charge in [-0.25, -0.2) is 14.2 Å². The number of rotatable bonds is 23. The summed E-state index contributed by atoms with van der Waals surface area (Å²) < 4.78 is 31.5. The molecule has 0 aliphatic carbocycles. The summed E-state index contributed by atoms with van der Waals surface area (Å²) in [4.78, 5) is 107. The van der Waals surface area contributed by atoms with Crippen LogP contribution in [0.25, 0.3) is 33.3 Å². The number of aliphatic hydroxyl groups excluding tert-OH is 9. The number of carbonyl (C=O) groups excluding carboxylic acids is 6. The molecule has 30 nitrogen and oxygen atoms in total. The minimum absolute atomic E-state index is 0.0557. The monoisotopic (exact) mass is 1170 g/mol. The Kier molecular flexibility index (Phi) is 20.8. The first-order chi connectivity index (χ1) is 39.4. The molecule has 2 saturated heterocycles. The molecule has 31 heteroatoms. The predicted octanol–water partition coefficient (Wildman–Crippen LogP) is -4.36. The van der Waals surface area contributed by atoms with Crippen LogP contribution in [0.15, 0.2) is 65.5 Å². The fraction of sp³-hybridized carbons (Fsp3) is 0.462. The average molecular weight is 1170 g/mol. The van der Waals surface area contributed by atoms with E-state index in [1.807, 2.05) is 24.5 Å². The van der Waals surface area contributed by atoms with E-state index in [9.17, 15) is 79.5 Å². The number of primary amides is 1. The molecule has 6 amide bonds. The second-order valence-electron chi connectivity index (χ2n) is 20.0. The van der Waals surface area contributed by atoms with E-state index in [-0.39, 0.29) is 40.3 Å². The molecule has 18 N–H and O–H groups in total. The number of aromatic amines is 2.